The predicted octanol–water partition coefficient (Wildman–Crippen LogP) is 5.39. The number of rotatable bonds is 4. The number of aliphatic hydroxyl groups excluding tert-OH is 1. The molecular formula is C27H27NO3. The summed E-state index contributed by atoms with van der Waals surface area (Å²) in [4.78, 5) is 12.5. The maximum Gasteiger partial charge on any atom is 0.408 e. The maximum absolute atomic E-state index is 12.5. The Morgan fingerprint density at radius 1 is 0.839 bits per heavy atom. The van der Waals surface area contributed by atoms with Crippen molar-refractivity contribution in [2.24, 2.45) is 0 Å². The van der Waals surface area contributed by atoms with Crippen molar-refractivity contribution in [3.63, 3.8) is 0 Å². The van der Waals surface area contributed by atoms with Gasteiger partial charge in [0.25, 0.3) is 0 Å². The highest BCUT2D eigenvalue weighted by molar-refractivity contribution is 5.68. The molecule has 1 unspecified atom stereocenters. The zero-order chi connectivity index (χ0) is 22.3. The van der Waals surface area contributed by atoms with Crippen molar-refractivity contribution in [3.05, 3.63) is 107 Å². The maximum atomic E-state index is 12.5. The van der Waals surface area contributed by atoms with Gasteiger partial charge in [-0.15, -0.1) is 0 Å². The molecule has 3 aromatic rings. The lowest BCUT2D eigenvalue weighted by Gasteiger charge is -2.27. The zero-order valence-electron chi connectivity index (χ0n) is 18.0. The molecule has 2 N–H and O–H groups in total. The summed E-state index contributed by atoms with van der Waals surface area (Å²) < 4.78 is 5.42. The van der Waals surface area contributed by atoms with Gasteiger partial charge >= 0.3 is 6.09 Å². The molecule has 4 nitrogen and oxygen atoms in total. The summed E-state index contributed by atoms with van der Waals surface area (Å²) in [6.45, 7) is 5.40. The van der Waals surface area contributed by atoms with Crippen LogP contribution in [0.2, 0.25) is 0 Å². The SMILES string of the molecule is CC(C)(C)OC(=O)N[C@@H](c1cccc(C#Cc2ccccc2)c1)C(O)c1ccccc1. The summed E-state index contributed by atoms with van der Waals surface area (Å²) in [5.74, 6) is 6.29. The van der Waals surface area contributed by atoms with Crippen molar-refractivity contribution in [3.8, 4) is 11.8 Å². The molecule has 0 aromatic heterocycles. The predicted molar refractivity (Wildman–Crippen MR) is 122 cm³/mol. The lowest BCUT2D eigenvalue weighted by Crippen LogP contribution is -2.37. The lowest BCUT2D eigenvalue weighted by molar-refractivity contribution is 0.0419. The highest BCUT2D eigenvalue weighted by atomic mass is 16.6. The van der Waals surface area contributed by atoms with E-state index < -0.39 is 23.8 Å². The summed E-state index contributed by atoms with van der Waals surface area (Å²) in [6, 6.07) is 25.8. The average Bonchev–Trinajstić information content (AvgIpc) is 2.76. The van der Waals surface area contributed by atoms with Crippen LogP contribution in [0.15, 0.2) is 84.9 Å². The number of ether oxygens (including phenoxy) is 1. The van der Waals surface area contributed by atoms with Crippen molar-refractivity contribution in [1.29, 1.82) is 0 Å². The molecule has 31 heavy (non-hydrogen) atoms. The fourth-order valence-corrected chi connectivity index (χ4v) is 3.10. The molecule has 0 aliphatic rings. The largest absolute Gasteiger partial charge is 0.444 e. The number of benzene rings is 3. The Balaban J connectivity index is 1.91. The van der Waals surface area contributed by atoms with E-state index in [9.17, 15) is 9.90 Å². The van der Waals surface area contributed by atoms with Gasteiger partial charge in [-0.25, -0.2) is 4.79 Å². The number of hydrogen-bond acceptors (Lipinski definition) is 3. The van der Waals surface area contributed by atoms with E-state index in [4.69, 9.17) is 4.74 Å². The first-order valence-electron chi connectivity index (χ1n) is 10.2. The number of carbonyl (C=O) groups excluding carboxylic acids is 1. The third kappa shape index (κ3) is 6.74. The molecule has 0 saturated heterocycles. The van der Waals surface area contributed by atoms with Crippen LogP contribution in [-0.4, -0.2) is 16.8 Å². The van der Waals surface area contributed by atoms with E-state index in [1.165, 1.54) is 0 Å². The van der Waals surface area contributed by atoms with Gasteiger partial charge in [0.15, 0.2) is 0 Å². The zero-order valence-corrected chi connectivity index (χ0v) is 18.0. The van der Waals surface area contributed by atoms with Gasteiger partial charge in [0.2, 0.25) is 0 Å². The van der Waals surface area contributed by atoms with Crippen molar-refractivity contribution in [2.75, 3.05) is 0 Å². The molecule has 3 aromatic carbocycles. The Kier molecular flexibility index (Phi) is 7.12. The molecule has 0 aliphatic carbocycles. The van der Waals surface area contributed by atoms with E-state index in [0.717, 1.165) is 16.7 Å². The highest BCUT2D eigenvalue weighted by Gasteiger charge is 2.27. The van der Waals surface area contributed by atoms with Gasteiger partial charge in [0.05, 0.1) is 6.04 Å². The van der Waals surface area contributed by atoms with Crippen molar-refractivity contribution >= 4 is 6.09 Å². The van der Waals surface area contributed by atoms with Crippen LogP contribution in [0.1, 0.15) is 55.2 Å². The lowest BCUT2D eigenvalue weighted by atomic mass is 9.94. The van der Waals surface area contributed by atoms with Crippen LogP contribution in [0.25, 0.3) is 0 Å². The second kappa shape index (κ2) is 9.97. The monoisotopic (exact) mass is 413 g/mol. The first-order valence-corrected chi connectivity index (χ1v) is 10.2. The van der Waals surface area contributed by atoms with Crippen LogP contribution in [-0.2, 0) is 4.74 Å². The minimum atomic E-state index is -0.953. The summed E-state index contributed by atoms with van der Waals surface area (Å²) in [5, 5.41) is 13.9. The van der Waals surface area contributed by atoms with Gasteiger partial charge in [-0.2, -0.15) is 0 Å². The smallest absolute Gasteiger partial charge is 0.408 e. The van der Waals surface area contributed by atoms with Crippen molar-refractivity contribution in [2.45, 2.75) is 38.5 Å². The van der Waals surface area contributed by atoms with Gasteiger partial charge in [-0.1, -0.05) is 72.5 Å². The van der Waals surface area contributed by atoms with E-state index in [1.54, 1.807) is 20.8 Å². The Hall–Kier alpha value is -3.55. The number of aliphatic hydroxyl groups is 1. The molecule has 158 valence electrons. The van der Waals surface area contributed by atoms with E-state index in [1.807, 2.05) is 84.9 Å². The van der Waals surface area contributed by atoms with E-state index >= 15 is 0 Å². The number of carbonyl (C=O) groups is 1. The fourth-order valence-electron chi connectivity index (χ4n) is 3.10. The number of nitrogens with one attached hydrogen (secondary N) is 1. The summed E-state index contributed by atoms with van der Waals surface area (Å²) in [5.41, 5.74) is 2.50. The second-order valence-corrected chi connectivity index (χ2v) is 8.22. The van der Waals surface area contributed by atoms with Crippen LogP contribution in [0.4, 0.5) is 4.79 Å². The van der Waals surface area contributed by atoms with Gasteiger partial charge in [0, 0.05) is 11.1 Å². The highest BCUT2D eigenvalue weighted by Crippen LogP contribution is 2.29. The topological polar surface area (TPSA) is 58.6 Å². The minimum Gasteiger partial charge on any atom is -0.444 e. The van der Waals surface area contributed by atoms with Crippen LogP contribution in [0.5, 0.6) is 0 Å². The average molecular weight is 414 g/mol. The summed E-state index contributed by atoms with van der Waals surface area (Å²) >= 11 is 0. The molecule has 1 amide bonds. The van der Waals surface area contributed by atoms with E-state index in [-0.39, 0.29) is 0 Å². The van der Waals surface area contributed by atoms with Gasteiger partial charge in [-0.05, 0) is 56.2 Å². The van der Waals surface area contributed by atoms with Crippen LogP contribution in [0.3, 0.4) is 0 Å². The molecular weight excluding hydrogens is 386 g/mol. The molecule has 3 rings (SSSR count). The first kappa shape index (κ1) is 22.1. The van der Waals surface area contributed by atoms with Crippen molar-refractivity contribution < 1.29 is 14.6 Å². The third-order valence-electron chi connectivity index (χ3n) is 4.50. The Labute approximate surface area is 183 Å². The molecule has 0 bridgehead atoms. The molecule has 0 heterocycles. The normalized spacial score (nSPS) is 12.8. The Morgan fingerprint density at radius 3 is 2.03 bits per heavy atom. The molecule has 0 aliphatic heterocycles. The molecule has 0 radical (unpaired) electrons. The summed E-state index contributed by atoms with van der Waals surface area (Å²) in [6.07, 6.45) is -1.54. The van der Waals surface area contributed by atoms with Gasteiger partial charge in [-0.3, -0.25) is 0 Å². The molecule has 0 fully saturated rings. The van der Waals surface area contributed by atoms with Crippen LogP contribution >= 0.6 is 0 Å². The molecule has 4 heteroatoms. The molecule has 0 saturated carbocycles. The quantitative estimate of drug-likeness (QED) is 0.564. The van der Waals surface area contributed by atoms with E-state index in [0.29, 0.717) is 5.56 Å². The Bertz CT molecular complexity index is 1060. The minimum absolute atomic E-state index is 0.590. The Morgan fingerprint density at radius 2 is 1.39 bits per heavy atom. The summed E-state index contributed by atoms with van der Waals surface area (Å²) in [7, 11) is 0. The van der Waals surface area contributed by atoms with Gasteiger partial charge in [0.1, 0.15) is 11.7 Å². The third-order valence-corrected chi connectivity index (χ3v) is 4.50. The van der Waals surface area contributed by atoms with Crippen molar-refractivity contribution in [1.82, 2.24) is 5.32 Å². The van der Waals surface area contributed by atoms with Gasteiger partial charge < -0.3 is 15.2 Å². The second-order valence-electron chi connectivity index (χ2n) is 8.22. The molecule has 2 atom stereocenters. The standard InChI is InChI=1S/C27H27NO3/c1-27(2,3)31-26(30)28-24(25(29)22-14-8-5-9-15-22)23-16-10-13-21(19-23)18-17-20-11-6-4-7-12-20/h4-16,19,24-25,29H,1-3H3,(H,28,30)/t24-,25?/m0/s1. The van der Waals surface area contributed by atoms with E-state index in [2.05, 4.69) is 17.2 Å². The number of hydrogen-bond donors (Lipinski definition) is 2. The fraction of sp³-hybridized carbons (Fsp3) is 0.222. The number of amides is 1. The van der Waals surface area contributed by atoms with Crippen LogP contribution in [0, 0.1) is 11.8 Å². The molecule has 0 spiro atoms. The van der Waals surface area contributed by atoms with Crippen LogP contribution < -0.4 is 5.32 Å². The first-order chi connectivity index (χ1) is 14.8. The number of alkyl carbamates (subject to hydrolysis) is 1.